The monoisotopic (exact) mass is 293 g/mol. The predicted octanol–water partition coefficient (Wildman–Crippen LogP) is 0.957. The molecule has 0 bridgehead atoms. The minimum atomic E-state index is -1.78. The SMILES string of the molecule is COC(=O)CC1(C(=O)O)C=C(c2ccc(OC)cc2)NO1. The van der Waals surface area contributed by atoms with Gasteiger partial charge in [-0.3, -0.25) is 15.1 Å². The summed E-state index contributed by atoms with van der Waals surface area (Å²) in [6, 6.07) is 6.96. The Morgan fingerprint density at radius 2 is 1.95 bits per heavy atom. The van der Waals surface area contributed by atoms with Crippen molar-refractivity contribution in [2.45, 2.75) is 12.0 Å². The van der Waals surface area contributed by atoms with E-state index in [4.69, 9.17) is 9.57 Å². The summed E-state index contributed by atoms with van der Waals surface area (Å²) in [6.07, 6.45) is 0.930. The number of aliphatic carboxylic acids is 1. The van der Waals surface area contributed by atoms with Gasteiger partial charge >= 0.3 is 11.9 Å². The van der Waals surface area contributed by atoms with Gasteiger partial charge in [-0.05, 0) is 35.9 Å². The molecule has 0 radical (unpaired) electrons. The second-order valence-electron chi connectivity index (χ2n) is 4.44. The van der Waals surface area contributed by atoms with Gasteiger partial charge in [-0.15, -0.1) is 0 Å². The van der Waals surface area contributed by atoms with Gasteiger partial charge in [0.2, 0.25) is 5.60 Å². The molecule has 0 amide bonds. The maximum absolute atomic E-state index is 11.4. The summed E-state index contributed by atoms with van der Waals surface area (Å²) in [6.45, 7) is 0. The fourth-order valence-electron chi connectivity index (χ4n) is 1.91. The van der Waals surface area contributed by atoms with Crippen molar-refractivity contribution < 1.29 is 29.0 Å². The molecule has 0 saturated carbocycles. The summed E-state index contributed by atoms with van der Waals surface area (Å²) in [7, 11) is 2.74. The van der Waals surface area contributed by atoms with Gasteiger partial charge in [-0.2, -0.15) is 0 Å². The predicted molar refractivity (Wildman–Crippen MR) is 72.2 cm³/mol. The highest BCUT2D eigenvalue weighted by molar-refractivity contribution is 5.90. The van der Waals surface area contributed by atoms with E-state index >= 15 is 0 Å². The van der Waals surface area contributed by atoms with E-state index in [1.165, 1.54) is 13.2 Å². The number of carboxylic acid groups (broad SMARTS) is 1. The molecule has 0 spiro atoms. The van der Waals surface area contributed by atoms with Crippen LogP contribution in [0.1, 0.15) is 12.0 Å². The number of benzene rings is 1. The minimum Gasteiger partial charge on any atom is -0.497 e. The summed E-state index contributed by atoms with van der Waals surface area (Å²) in [5.41, 5.74) is 1.94. The smallest absolute Gasteiger partial charge is 0.343 e. The number of nitrogens with one attached hydrogen (secondary N) is 1. The third kappa shape index (κ3) is 2.97. The van der Waals surface area contributed by atoms with Crippen molar-refractivity contribution in [3.8, 4) is 5.75 Å². The highest BCUT2D eigenvalue weighted by atomic mass is 16.7. The summed E-state index contributed by atoms with van der Waals surface area (Å²) in [4.78, 5) is 27.9. The summed E-state index contributed by atoms with van der Waals surface area (Å²) in [5.74, 6) is -1.27. The van der Waals surface area contributed by atoms with Crippen molar-refractivity contribution in [3.05, 3.63) is 35.9 Å². The van der Waals surface area contributed by atoms with Crippen molar-refractivity contribution >= 4 is 17.6 Å². The van der Waals surface area contributed by atoms with Crippen LogP contribution in [0.25, 0.3) is 5.70 Å². The summed E-state index contributed by atoms with van der Waals surface area (Å²) >= 11 is 0. The molecule has 0 fully saturated rings. The number of esters is 1. The van der Waals surface area contributed by atoms with Gasteiger partial charge in [-0.25, -0.2) is 4.79 Å². The molecule has 112 valence electrons. The zero-order valence-corrected chi connectivity index (χ0v) is 11.6. The van der Waals surface area contributed by atoms with Crippen LogP contribution < -0.4 is 10.2 Å². The third-order valence-corrected chi connectivity index (χ3v) is 3.12. The molecule has 2 rings (SSSR count). The topological polar surface area (TPSA) is 94.1 Å². The van der Waals surface area contributed by atoms with Crippen molar-refractivity contribution in [2.75, 3.05) is 14.2 Å². The Balaban J connectivity index is 2.29. The van der Waals surface area contributed by atoms with Crippen LogP contribution in [0.3, 0.4) is 0 Å². The Bertz CT molecular complexity index is 580. The van der Waals surface area contributed by atoms with E-state index in [-0.39, 0.29) is 0 Å². The first-order valence-corrected chi connectivity index (χ1v) is 6.12. The van der Waals surface area contributed by atoms with E-state index in [0.29, 0.717) is 17.0 Å². The third-order valence-electron chi connectivity index (χ3n) is 3.12. The van der Waals surface area contributed by atoms with Crippen molar-refractivity contribution in [1.82, 2.24) is 5.48 Å². The molecule has 7 nitrogen and oxygen atoms in total. The average Bonchev–Trinajstić information content (AvgIpc) is 2.92. The number of carbonyl (C=O) groups excluding carboxylic acids is 1. The molecule has 7 heteroatoms. The molecule has 1 aromatic carbocycles. The molecule has 0 aromatic heterocycles. The fourth-order valence-corrected chi connectivity index (χ4v) is 1.91. The summed E-state index contributed by atoms with van der Waals surface area (Å²) in [5, 5.41) is 9.32. The molecule has 1 aliphatic heterocycles. The lowest BCUT2D eigenvalue weighted by Crippen LogP contribution is -2.41. The highest BCUT2D eigenvalue weighted by Crippen LogP contribution is 2.30. The lowest BCUT2D eigenvalue weighted by atomic mass is 9.97. The van der Waals surface area contributed by atoms with Crippen LogP contribution in [0.5, 0.6) is 5.75 Å². The van der Waals surface area contributed by atoms with Crippen molar-refractivity contribution in [2.24, 2.45) is 0 Å². The van der Waals surface area contributed by atoms with Gasteiger partial charge in [0.05, 0.1) is 26.3 Å². The molecular weight excluding hydrogens is 278 g/mol. The van der Waals surface area contributed by atoms with Crippen LogP contribution in [0.2, 0.25) is 0 Å². The molecule has 0 aliphatic carbocycles. The number of hydrogen-bond donors (Lipinski definition) is 2. The number of carbonyl (C=O) groups is 2. The first kappa shape index (κ1) is 14.9. The minimum absolute atomic E-state index is 0.425. The zero-order chi connectivity index (χ0) is 15.5. The zero-order valence-electron chi connectivity index (χ0n) is 11.6. The molecule has 2 N–H and O–H groups in total. The number of ether oxygens (including phenoxy) is 2. The van der Waals surface area contributed by atoms with Gasteiger partial charge in [-0.1, -0.05) is 0 Å². The fraction of sp³-hybridized carbons (Fsp3) is 0.286. The van der Waals surface area contributed by atoms with Crippen LogP contribution in [0.15, 0.2) is 30.3 Å². The first-order valence-electron chi connectivity index (χ1n) is 6.12. The van der Waals surface area contributed by atoms with Crippen LogP contribution in [0, 0.1) is 0 Å². The lowest BCUT2D eigenvalue weighted by Gasteiger charge is -2.18. The second kappa shape index (κ2) is 5.84. The molecule has 1 aromatic rings. The molecule has 1 unspecified atom stereocenters. The number of carboxylic acids is 1. The van der Waals surface area contributed by atoms with Crippen LogP contribution in [-0.2, 0) is 19.2 Å². The van der Waals surface area contributed by atoms with Crippen molar-refractivity contribution in [1.29, 1.82) is 0 Å². The standard InChI is InChI=1S/C14H15NO6/c1-19-10-5-3-9(4-6-10)11-7-14(13(17)18,21-15-11)8-12(16)20-2/h3-7,15H,8H2,1-2H3,(H,17,18). The largest absolute Gasteiger partial charge is 0.497 e. The average molecular weight is 293 g/mol. The van der Waals surface area contributed by atoms with E-state index in [9.17, 15) is 14.7 Å². The van der Waals surface area contributed by atoms with E-state index in [2.05, 4.69) is 10.2 Å². The number of rotatable bonds is 5. The summed E-state index contributed by atoms with van der Waals surface area (Å²) < 4.78 is 9.55. The maximum Gasteiger partial charge on any atom is 0.343 e. The van der Waals surface area contributed by atoms with Crippen LogP contribution >= 0.6 is 0 Å². The van der Waals surface area contributed by atoms with Crippen LogP contribution in [-0.4, -0.2) is 36.9 Å². The Hall–Kier alpha value is -2.54. The maximum atomic E-state index is 11.4. The molecule has 1 heterocycles. The Morgan fingerprint density at radius 3 is 2.48 bits per heavy atom. The first-order chi connectivity index (χ1) is 10.0. The van der Waals surface area contributed by atoms with Gasteiger partial charge in [0, 0.05) is 0 Å². The quantitative estimate of drug-likeness (QED) is 0.781. The van der Waals surface area contributed by atoms with Gasteiger partial charge in [0.25, 0.3) is 0 Å². The molecule has 1 aliphatic rings. The number of methoxy groups -OCH3 is 2. The van der Waals surface area contributed by atoms with Gasteiger partial charge in [0.1, 0.15) is 5.75 Å². The van der Waals surface area contributed by atoms with Crippen LogP contribution in [0.4, 0.5) is 0 Å². The Morgan fingerprint density at radius 1 is 1.29 bits per heavy atom. The molecule has 21 heavy (non-hydrogen) atoms. The number of hydrogen-bond acceptors (Lipinski definition) is 6. The van der Waals surface area contributed by atoms with Gasteiger partial charge in [0.15, 0.2) is 0 Å². The molecule has 0 saturated heterocycles. The lowest BCUT2D eigenvalue weighted by molar-refractivity contribution is -0.169. The van der Waals surface area contributed by atoms with E-state index in [0.717, 1.165) is 0 Å². The van der Waals surface area contributed by atoms with E-state index < -0.39 is 24.0 Å². The van der Waals surface area contributed by atoms with E-state index in [1.54, 1.807) is 31.4 Å². The number of hydroxylamine groups is 1. The second-order valence-corrected chi connectivity index (χ2v) is 4.44. The highest BCUT2D eigenvalue weighted by Gasteiger charge is 2.45. The van der Waals surface area contributed by atoms with Crippen molar-refractivity contribution in [3.63, 3.8) is 0 Å². The van der Waals surface area contributed by atoms with E-state index in [1.807, 2.05) is 0 Å². The Kier molecular flexibility index (Phi) is 4.13. The Labute approximate surface area is 121 Å². The molecule has 1 atom stereocenters. The van der Waals surface area contributed by atoms with Gasteiger partial charge < -0.3 is 14.6 Å². The normalized spacial score (nSPS) is 20.4. The molecular formula is C14H15NO6.